The molecule has 6 nitrogen and oxygen atoms in total. The van der Waals surface area contributed by atoms with E-state index in [9.17, 15) is 19.3 Å². The van der Waals surface area contributed by atoms with E-state index in [1.807, 2.05) is 0 Å². The Bertz CT molecular complexity index is 536. The van der Waals surface area contributed by atoms with Crippen LogP contribution in [0.5, 0.6) is 0 Å². The number of amides is 1. The molecule has 20 heavy (non-hydrogen) atoms. The second-order valence-electron chi connectivity index (χ2n) is 5.00. The fourth-order valence-corrected chi connectivity index (χ4v) is 2.47. The van der Waals surface area contributed by atoms with E-state index in [-0.39, 0.29) is 23.6 Å². The third-order valence-electron chi connectivity index (χ3n) is 3.52. The van der Waals surface area contributed by atoms with Crippen molar-refractivity contribution < 1.29 is 14.1 Å². The first-order chi connectivity index (χ1) is 9.47. The van der Waals surface area contributed by atoms with Crippen molar-refractivity contribution in [3.8, 4) is 0 Å². The first kappa shape index (κ1) is 14.4. The van der Waals surface area contributed by atoms with E-state index >= 15 is 0 Å². The van der Waals surface area contributed by atoms with Gasteiger partial charge >= 0.3 is 0 Å². The van der Waals surface area contributed by atoms with Crippen LogP contribution in [0.1, 0.15) is 25.7 Å². The predicted octanol–water partition coefficient (Wildman–Crippen LogP) is 2.19. The van der Waals surface area contributed by atoms with Gasteiger partial charge in [0.25, 0.3) is 5.69 Å². The Morgan fingerprint density at radius 2 is 2.05 bits per heavy atom. The average Bonchev–Trinajstić information content (AvgIpc) is 2.38. The maximum atomic E-state index is 13.3. The van der Waals surface area contributed by atoms with Crippen molar-refractivity contribution in [1.82, 2.24) is 0 Å². The molecule has 0 aliphatic heterocycles. The van der Waals surface area contributed by atoms with Crippen LogP contribution >= 0.6 is 0 Å². The van der Waals surface area contributed by atoms with E-state index < -0.39 is 16.4 Å². The van der Waals surface area contributed by atoms with E-state index in [4.69, 9.17) is 5.73 Å². The molecule has 1 aliphatic carbocycles. The maximum Gasteiger partial charge on any atom is 0.274 e. The van der Waals surface area contributed by atoms with Crippen molar-refractivity contribution in [3.05, 3.63) is 34.1 Å². The van der Waals surface area contributed by atoms with Crippen LogP contribution in [0.2, 0.25) is 0 Å². The highest BCUT2D eigenvalue weighted by atomic mass is 19.1. The van der Waals surface area contributed by atoms with E-state index in [1.165, 1.54) is 0 Å². The summed E-state index contributed by atoms with van der Waals surface area (Å²) >= 11 is 0. The van der Waals surface area contributed by atoms with Crippen molar-refractivity contribution in [3.63, 3.8) is 0 Å². The standard InChI is InChI=1S/C13H16FN3O3/c14-8-5-9(7-10(6-8)17(19)20)16-13(18)11-3-1-2-4-12(11)15/h5-7,11-12H,1-4,15H2,(H,16,18). The van der Waals surface area contributed by atoms with Gasteiger partial charge in [0.05, 0.1) is 22.6 Å². The summed E-state index contributed by atoms with van der Waals surface area (Å²) in [5.41, 5.74) is 5.59. The van der Waals surface area contributed by atoms with Crippen molar-refractivity contribution in [1.29, 1.82) is 0 Å². The molecule has 2 rings (SSSR count). The fourth-order valence-electron chi connectivity index (χ4n) is 2.47. The third-order valence-corrected chi connectivity index (χ3v) is 3.52. The summed E-state index contributed by atoms with van der Waals surface area (Å²) in [6, 6.07) is 2.78. The largest absolute Gasteiger partial charge is 0.327 e. The highest BCUT2D eigenvalue weighted by molar-refractivity contribution is 5.93. The van der Waals surface area contributed by atoms with Gasteiger partial charge in [0, 0.05) is 12.1 Å². The lowest BCUT2D eigenvalue weighted by Gasteiger charge is -2.27. The lowest BCUT2D eigenvalue weighted by atomic mass is 9.84. The lowest BCUT2D eigenvalue weighted by Crippen LogP contribution is -2.40. The van der Waals surface area contributed by atoms with Crippen LogP contribution in [0, 0.1) is 21.8 Å². The van der Waals surface area contributed by atoms with Gasteiger partial charge in [0.1, 0.15) is 5.82 Å². The summed E-state index contributed by atoms with van der Waals surface area (Å²) in [7, 11) is 0. The fraction of sp³-hybridized carbons (Fsp3) is 0.462. The summed E-state index contributed by atoms with van der Waals surface area (Å²) in [6.45, 7) is 0. The van der Waals surface area contributed by atoms with Crippen LogP contribution in [-0.4, -0.2) is 16.9 Å². The summed E-state index contributed by atoms with van der Waals surface area (Å²) in [4.78, 5) is 22.0. The number of nitrogens with one attached hydrogen (secondary N) is 1. The normalized spacial score (nSPS) is 22.3. The molecule has 0 spiro atoms. The minimum atomic E-state index is -0.762. The van der Waals surface area contributed by atoms with E-state index in [1.54, 1.807) is 0 Å². The molecule has 0 saturated heterocycles. The van der Waals surface area contributed by atoms with Gasteiger partial charge in [0.2, 0.25) is 5.91 Å². The first-order valence-electron chi connectivity index (χ1n) is 6.49. The Hall–Kier alpha value is -2.02. The summed E-state index contributed by atoms with van der Waals surface area (Å²) in [6.07, 6.45) is 3.39. The number of anilines is 1. The lowest BCUT2D eigenvalue weighted by molar-refractivity contribution is -0.385. The summed E-state index contributed by atoms with van der Waals surface area (Å²) < 4.78 is 13.3. The molecule has 3 N–H and O–H groups in total. The van der Waals surface area contributed by atoms with Crippen LogP contribution in [0.4, 0.5) is 15.8 Å². The first-order valence-corrected chi connectivity index (χ1v) is 6.49. The molecule has 0 bridgehead atoms. The van der Waals surface area contributed by atoms with Gasteiger partial charge in [-0.15, -0.1) is 0 Å². The number of nitro benzene ring substituents is 1. The van der Waals surface area contributed by atoms with Gasteiger partial charge in [-0.1, -0.05) is 12.8 Å². The van der Waals surface area contributed by atoms with Gasteiger partial charge in [-0.3, -0.25) is 14.9 Å². The number of benzene rings is 1. The Morgan fingerprint density at radius 3 is 2.70 bits per heavy atom. The van der Waals surface area contributed by atoms with Crippen LogP contribution in [0.3, 0.4) is 0 Å². The molecule has 0 heterocycles. The Balaban J connectivity index is 2.13. The van der Waals surface area contributed by atoms with E-state index in [0.29, 0.717) is 6.42 Å². The van der Waals surface area contributed by atoms with Crippen molar-refractivity contribution in [2.75, 3.05) is 5.32 Å². The molecule has 7 heteroatoms. The maximum absolute atomic E-state index is 13.3. The van der Waals surface area contributed by atoms with Gasteiger partial charge in [-0.2, -0.15) is 0 Å². The predicted molar refractivity (Wildman–Crippen MR) is 71.6 cm³/mol. The molecule has 0 aromatic heterocycles. The molecule has 1 aromatic carbocycles. The van der Waals surface area contributed by atoms with Gasteiger partial charge in [-0.05, 0) is 18.9 Å². The molecule has 1 fully saturated rings. The number of rotatable bonds is 3. The van der Waals surface area contributed by atoms with Crippen molar-refractivity contribution in [2.24, 2.45) is 11.7 Å². The number of carbonyl (C=O) groups is 1. The summed E-state index contributed by atoms with van der Waals surface area (Å²) in [5.74, 6) is -1.40. The highest BCUT2D eigenvalue weighted by Gasteiger charge is 2.28. The zero-order valence-corrected chi connectivity index (χ0v) is 10.8. The highest BCUT2D eigenvalue weighted by Crippen LogP contribution is 2.26. The van der Waals surface area contributed by atoms with Gasteiger partial charge in [-0.25, -0.2) is 4.39 Å². The number of hydrogen-bond acceptors (Lipinski definition) is 4. The second kappa shape index (κ2) is 5.96. The number of halogens is 1. The number of non-ortho nitro benzene ring substituents is 1. The van der Waals surface area contributed by atoms with Crippen LogP contribution in [0.25, 0.3) is 0 Å². The minimum Gasteiger partial charge on any atom is -0.327 e. The van der Waals surface area contributed by atoms with Gasteiger partial charge in [0.15, 0.2) is 0 Å². The Kier molecular flexibility index (Phi) is 4.29. The van der Waals surface area contributed by atoms with Crippen LogP contribution in [0.15, 0.2) is 18.2 Å². The Morgan fingerprint density at radius 1 is 1.35 bits per heavy atom. The van der Waals surface area contributed by atoms with Gasteiger partial charge < -0.3 is 11.1 Å². The molecule has 1 aliphatic rings. The monoisotopic (exact) mass is 281 g/mol. The number of nitrogens with two attached hydrogens (primary N) is 1. The zero-order chi connectivity index (χ0) is 14.7. The molecule has 108 valence electrons. The third kappa shape index (κ3) is 3.30. The molecule has 1 saturated carbocycles. The average molecular weight is 281 g/mol. The molecular formula is C13H16FN3O3. The summed E-state index contributed by atoms with van der Waals surface area (Å²) in [5, 5.41) is 13.2. The van der Waals surface area contributed by atoms with Crippen molar-refractivity contribution in [2.45, 2.75) is 31.7 Å². The van der Waals surface area contributed by atoms with Crippen molar-refractivity contribution >= 4 is 17.3 Å². The minimum absolute atomic E-state index is 0.0828. The smallest absolute Gasteiger partial charge is 0.274 e. The zero-order valence-electron chi connectivity index (χ0n) is 10.8. The number of nitro groups is 1. The molecule has 0 radical (unpaired) electrons. The number of nitrogens with zero attached hydrogens (tertiary/aromatic N) is 1. The second-order valence-corrected chi connectivity index (χ2v) is 5.00. The molecule has 2 atom stereocenters. The van der Waals surface area contributed by atoms with Crippen LogP contribution in [-0.2, 0) is 4.79 Å². The molecule has 1 amide bonds. The number of carbonyl (C=O) groups excluding carboxylic acids is 1. The quantitative estimate of drug-likeness (QED) is 0.655. The van der Waals surface area contributed by atoms with E-state index in [2.05, 4.69) is 5.32 Å². The molecule has 1 aromatic rings. The topological polar surface area (TPSA) is 98.3 Å². The Labute approximate surface area is 115 Å². The molecule has 2 unspecified atom stereocenters. The SMILES string of the molecule is NC1CCCCC1C(=O)Nc1cc(F)cc([N+](=O)[O-])c1. The molecular weight excluding hydrogens is 265 g/mol. The van der Waals surface area contributed by atoms with Crippen LogP contribution < -0.4 is 11.1 Å². The number of hydrogen-bond donors (Lipinski definition) is 2. The van der Waals surface area contributed by atoms with E-state index in [0.717, 1.165) is 37.5 Å².